The highest BCUT2D eigenvalue weighted by Crippen LogP contribution is 2.11. The molecule has 90 valence electrons. The molecule has 2 aromatic rings. The monoisotopic (exact) mass is 237 g/mol. The number of hydrogen-bond acceptors (Lipinski definition) is 4. The van der Waals surface area contributed by atoms with Crippen LogP contribution in [-0.4, -0.2) is 27.4 Å². The highest BCUT2D eigenvalue weighted by atomic mass is 19.1. The zero-order chi connectivity index (χ0) is 12.3. The van der Waals surface area contributed by atoms with Gasteiger partial charge in [-0.05, 0) is 18.6 Å². The van der Waals surface area contributed by atoms with Gasteiger partial charge in [-0.3, -0.25) is 0 Å². The first kappa shape index (κ1) is 11.5. The summed E-state index contributed by atoms with van der Waals surface area (Å²) >= 11 is 0. The molecule has 0 aliphatic rings. The Morgan fingerprint density at radius 2 is 2.29 bits per heavy atom. The molecule has 6 heteroatoms. The number of hydrogen-bond donors (Lipinski definition) is 0. The third-order valence-corrected chi connectivity index (χ3v) is 2.27. The van der Waals surface area contributed by atoms with E-state index in [0.717, 1.165) is 4.68 Å². The van der Waals surface area contributed by atoms with E-state index < -0.39 is 12.5 Å². The van der Waals surface area contributed by atoms with E-state index in [0.29, 0.717) is 17.5 Å². The van der Waals surface area contributed by atoms with Gasteiger partial charge < -0.3 is 4.74 Å². The molecule has 0 saturated heterocycles. The van der Waals surface area contributed by atoms with Gasteiger partial charge >= 0.3 is 6.09 Å². The summed E-state index contributed by atoms with van der Waals surface area (Å²) in [6.07, 6.45) is -1.67. The number of aromatic nitrogens is 3. The van der Waals surface area contributed by atoms with Crippen LogP contribution in [0.1, 0.15) is 19.8 Å². The minimum atomic E-state index is -1.60. The molecule has 0 N–H and O–H groups in total. The van der Waals surface area contributed by atoms with Gasteiger partial charge in [-0.25, -0.2) is 9.18 Å². The maximum absolute atomic E-state index is 13.1. The highest BCUT2D eigenvalue weighted by Gasteiger charge is 2.17. The van der Waals surface area contributed by atoms with Gasteiger partial charge in [0, 0.05) is 6.42 Å². The summed E-state index contributed by atoms with van der Waals surface area (Å²) in [6, 6.07) is 6.91. The lowest BCUT2D eigenvalue weighted by atomic mass is 10.3. The van der Waals surface area contributed by atoms with E-state index in [4.69, 9.17) is 0 Å². The highest BCUT2D eigenvalue weighted by molar-refractivity contribution is 5.84. The first-order valence-corrected chi connectivity index (χ1v) is 5.38. The van der Waals surface area contributed by atoms with Crippen LogP contribution in [0.15, 0.2) is 24.3 Å². The second-order valence-electron chi connectivity index (χ2n) is 3.57. The van der Waals surface area contributed by atoms with E-state index in [9.17, 15) is 9.18 Å². The third-order valence-electron chi connectivity index (χ3n) is 2.27. The number of fused-ring (bicyclic) bond motifs is 1. The summed E-state index contributed by atoms with van der Waals surface area (Å²) in [4.78, 5) is 11.6. The SMILES string of the molecule is CCCC(F)OC(=O)n1nnc2ccccc21. The molecule has 0 amide bonds. The Kier molecular flexibility index (Phi) is 3.32. The molecule has 0 spiro atoms. The zero-order valence-corrected chi connectivity index (χ0v) is 9.34. The van der Waals surface area contributed by atoms with Gasteiger partial charge in [-0.1, -0.05) is 24.3 Å². The quantitative estimate of drug-likeness (QED) is 0.823. The van der Waals surface area contributed by atoms with Gasteiger partial charge in [0.15, 0.2) is 0 Å². The Labute approximate surface area is 97.2 Å². The molecule has 0 aliphatic carbocycles. The second kappa shape index (κ2) is 4.90. The average molecular weight is 237 g/mol. The number of benzene rings is 1. The fourth-order valence-corrected chi connectivity index (χ4v) is 1.45. The van der Waals surface area contributed by atoms with Crippen molar-refractivity contribution in [2.24, 2.45) is 0 Å². The van der Waals surface area contributed by atoms with Gasteiger partial charge in [-0.2, -0.15) is 0 Å². The lowest BCUT2D eigenvalue weighted by molar-refractivity contribution is 0.00770. The van der Waals surface area contributed by atoms with E-state index >= 15 is 0 Å². The minimum absolute atomic E-state index is 0.179. The maximum atomic E-state index is 13.1. The fraction of sp³-hybridized carbons (Fsp3) is 0.364. The Morgan fingerprint density at radius 1 is 1.53 bits per heavy atom. The van der Waals surface area contributed by atoms with E-state index in [1.807, 2.05) is 6.92 Å². The summed E-state index contributed by atoms with van der Waals surface area (Å²) < 4.78 is 18.7. The topological polar surface area (TPSA) is 57.0 Å². The first-order chi connectivity index (χ1) is 8.22. The molecular formula is C11H12FN3O2. The molecular weight excluding hydrogens is 225 g/mol. The largest absolute Gasteiger partial charge is 0.439 e. The summed E-state index contributed by atoms with van der Waals surface area (Å²) in [5.41, 5.74) is 1.07. The molecule has 0 radical (unpaired) electrons. The van der Waals surface area contributed by atoms with E-state index in [1.54, 1.807) is 24.3 Å². The van der Waals surface area contributed by atoms with E-state index in [2.05, 4.69) is 15.0 Å². The van der Waals surface area contributed by atoms with Crippen LogP contribution in [0.2, 0.25) is 0 Å². The van der Waals surface area contributed by atoms with Crippen molar-refractivity contribution in [3.8, 4) is 0 Å². The van der Waals surface area contributed by atoms with Gasteiger partial charge in [0.1, 0.15) is 11.0 Å². The molecule has 1 heterocycles. The first-order valence-electron chi connectivity index (χ1n) is 5.38. The van der Waals surface area contributed by atoms with E-state index in [1.165, 1.54) is 0 Å². The Bertz CT molecular complexity index is 526. The molecule has 2 rings (SSSR count). The molecule has 17 heavy (non-hydrogen) atoms. The number of halogens is 1. The number of alkyl halides is 1. The van der Waals surface area contributed by atoms with Crippen molar-refractivity contribution < 1.29 is 13.9 Å². The van der Waals surface area contributed by atoms with E-state index in [-0.39, 0.29) is 6.42 Å². The van der Waals surface area contributed by atoms with Crippen LogP contribution in [0, 0.1) is 0 Å². The van der Waals surface area contributed by atoms with Crippen LogP contribution in [0.5, 0.6) is 0 Å². The van der Waals surface area contributed by atoms with Crippen molar-refractivity contribution in [3.63, 3.8) is 0 Å². The lowest BCUT2D eigenvalue weighted by Crippen LogP contribution is -2.20. The number of ether oxygens (including phenoxy) is 1. The smallest absolute Gasteiger partial charge is 0.413 e. The molecule has 5 nitrogen and oxygen atoms in total. The zero-order valence-electron chi connectivity index (χ0n) is 9.34. The summed E-state index contributed by atoms with van der Waals surface area (Å²) in [7, 11) is 0. The molecule has 1 unspecified atom stereocenters. The number of carbonyl (C=O) groups excluding carboxylic acids is 1. The minimum Gasteiger partial charge on any atom is -0.413 e. The van der Waals surface area contributed by atoms with Gasteiger partial charge in [-0.15, -0.1) is 9.78 Å². The molecule has 1 atom stereocenters. The number of carbonyl (C=O) groups is 1. The van der Waals surface area contributed by atoms with Crippen molar-refractivity contribution in [2.45, 2.75) is 26.1 Å². The number of rotatable bonds is 3. The third kappa shape index (κ3) is 2.41. The van der Waals surface area contributed by atoms with Gasteiger partial charge in [0.25, 0.3) is 0 Å². The summed E-state index contributed by atoms with van der Waals surface area (Å²) in [5.74, 6) is 0. The second-order valence-corrected chi connectivity index (χ2v) is 3.57. The predicted octanol–water partition coefficient (Wildman–Crippen LogP) is 2.51. The van der Waals surface area contributed by atoms with Gasteiger partial charge in [0.05, 0.1) is 0 Å². The van der Waals surface area contributed by atoms with Crippen LogP contribution < -0.4 is 0 Å². The molecule has 0 aliphatic heterocycles. The normalized spacial score (nSPS) is 12.6. The van der Waals surface area contributed by atoms with Crippen molar-refractivity contribution in [3.05, 3.63) is 24.3 Å². The molecule has 1 aromatic carbocycles. The summed E-state index contributed by atoms with van der Waals surface area (Å²) in [5, 5.41) is 7.42. The maximum Gasteiger partial charge on any atom is 0.439 e. The average Bonchev–Trinajstić information content (AvgIpc) is 2.72. The number of para-hydroxylation sites is 1. The van der Waals surface area contributed by atoms with Crippen LogP contribution in [0.4, 0.5) is 9.18 Å². The van der Waals surface area contributed by atoms with Crippen LogP contribution in [0.25, 0.3) is 11.0 Å². The predicted molar refractivity (Wildman–Crippen MR) is 59.2 cm³/mol. The fourth-order valence-electron chi connectivity index (χ4n) is 1.45. The molecule has 0 saturated carbocycles. The molecule has 0 bridgehead atoms. The molecule has 0 fully saturated rings. The van der Waals surface area contributed by atoms with Crippen molar-refractivity contribution in [2.75, 3.05) is 0 Å². The van der Waals surface area contributed by atoms with Crippen LogP contribution in [-0.2, 0) is 4.74 Å². The standard InChI is InChI=1S/C11H12FN3O2/c1-2-5-10(12)17-11(16)15-9-7-4-3-6-8(9)13-14-15/h3-4,6-7,10H,2,5H2,1H3. The van der Waals surface area contributed by atoms with Crippen molar-refractivity contribution >= 4 is 17.1 Å². The summed E-state index contributed by atoms with van der Waals surface area (Å²) in [6.45, 7) is 1.81. The van der Waals surface area contributed by atoms with Crippen LogP contribution >= 0.6 is 0 Å². The number of nitrogens with zero attached hydrogens (tertiary/aromatic N) is 3. The van der Waals surface area contributed by atoms with Gasteiger partial charge in [0.2, 0.25) is 6.36 Å². The lowest BCUT2D eigenvalue weighted by Gasteiger charge is -2.08. The Morgan fingerprint density at radius 3 is 3.06 bits per heavy atom. The Hall–Kier alpha value is -1.98. The Balaban J connectivity index is 2.19. The van der Waals surface area contributed by atoms with Crippen molar-refractivity contribution in [1.82, 2.24) is 15.0 Å². The van der Waals surface area contributed by atoms with Crippen LogP contribution in [0.3, 0.4) is 0 Å². The molecule has 1 aromatic heterocycles. The van der Waals surface area contributed by atoms with Crippen molar-refractivity contribution in [1.29, 1.82) is 0 Å².